The van der Waals surface area contributed by atoms with Gasteiger partial charge in [-0.25, -0.2) is 24.3 Å². The minimum absolute atomic E-state index is 0. The molecule has 3 rings (SSSR count). The van der Waals surface area contributed by atoms with E-state index in [1.54, 1.807) is 10.8 Å². The Morgan fingerprint density at radius 2 is 0.800 bits per heavy atom. The zero-order valence-electron chi connectivity index (χ0n) is 32.4. The van der Waals surface area contributed by atoms with E-state index in [4.69, 9.17) is 0 Å². The Kier molecular flexibility index (Phi) is 15.0. The van der Waals surface area contributed by atoms with Crippen LogP contribution in [-0.2, 0) is 17.1 Å². The van der Waals surface area contributed by atoms with Gasteiger partial charge >= 0.3 is 17.1 Å². The van der Waals surface area contributed by atoms with Crippen molar-refractivity contribution in [3.8, 4) is 0 Å². The maximum absolute atomic E-state index is 2.85. The molecule has 0 aromatic heterocycles. The fraction of sp³-hybridized carbons (Fsp3) is 0.568. The Bertz CT molecular complexity index is 1170. The molecule has 3 aromatic carbocycles. The number of benzene rings is 1. The first kappa shape index (κ1) is 43.0. The van der Waals surface area contributed by atoms with Crippen LogP contribution in [0.4, 0.5) is 0 Å². The molecule has 0 nitrogen and oxygen atoms in total. The van der Waals surface area contributed by atoms with Crippen LogP contribution < -0.4 is 10.4 Å². The van der Waals surface area contributed by atoms with E-state index >= 15 is 0 Å². The first-order valence-corrected chi connectivity index (χ1v) is 39.5. The van der Waals surface area contributed by atoms with Gasteiger partial charge in [0.25, 0.3) is 0 Å². The molecule has 3 aromatic rings. The summed E-state index contributed by atoms with van der Waals surface area (Å²) in [5.74, 6) is 0. The predicted molar refractivity (Wildman–Crippen MR) is 224 cm³/mol. The molecule has 0 atom stereocenters. The summed E-state index contributed by atoms with van der Waals surface area (Å²) in [5.41, 5.74) is 5.36. The SMILES string of the molecule is C[Si](C)(C)C(c1cc(C([Si](C)(C)C)[Si](C)(C)C)c([Si][c-]2cccc2)c(C([Si](C)(C)C)[Si](C)(C)C)c1)[Si](C)(C)C.[Fe+2].c1cc[cH-]c1. The Morgan fingerprint density at radius 3 is 1.04 bits per heavy atom. The maximum atomic E-state index is 2.85. The first-order chi connectivity index (χ1) is 19.7. The topological polar surface area (TPSA) is 0 Å². The van der Waals surface area contributed by atoms with E-state index in [-0.39, 0.29) is 17.1 Å². The van der Waals surface area contributed by atoms with Gasteiger partial charge in [-0.05, 0) is 21.1 Å². The molecule has 0 saturated heterocycles. The summed E-state index contributed by atoms with van der Waals surface area (Å²) in [6.45, 7) is 47.9. The molecule has 252 valence electrons. The van der Waals surface area contributed by atoms with E-state index in [1.807, 2.05) is 41.5 Å². The van der Waals surface area contributed by atoms with E-state index in [9.17, 15) is 0 Å². The first-order valence-electron chi connectivity index (χ1n) is 17.0. The summed E-state index contributed by atoms with van der Waals surface area (Å²) in [4.78, 5) is 0. The summed E-state index contributed by atoms with van der Waals surface area (Å²) >= 11 is 0. The van der Waals surface area contributed by atoms with Gasteiger partial charge in [0.2, 0.25) is 0 Å². The summed E-state index contributed by atoms with van der Waals surface area (Å²) in [7, 11) is -8.02. The summed E-state index contributed by atoms with van der Waals surface area (Å²) in [6.07, 6.45) is 0. The van der Waals surface area contributed by atoms with Crippen LogP contribution in [0.5, 0.6) is 0 Å². The van der Waals surface area contributed by atoms with Crippen LogP contribution in [0, 0.1) is 0 Å². The molecular weight excluding hydrogens is 697 g/mol. The molecule has 0 heterocycles. The number of hydrogen-bond donors (Lipinski definition) is 0. The molecule has 8 heteroatoms. The standard InChI is InChI=1S/C32H63Si7.C5H5.Fe/c1-34(2,3)30(35(4,5)6)25-23-27(31(36(7,8)9)37(10,11)12)29(33-26-21-19-20-22-26)28(24-25)32(38(13,14)15)39(16,17)18;1-2-4-5-3-1;/h19-24,30-32H,1-18H3;1-5H;/q2*-1;+2. The third kappa shape index (κ3) is 12.1. The van der Waals surface area contributed by atoms with Gasteiger partial charge in [-0.3, -0.25) is 0 Å². The molecule has 0 spiro atoms. The van der Waals surface area contributed by atoms with Gasteiger partial charge in [-0.15, -0.1) is 0 Å². The van der Waals surface area contributed by atoms with Crippen molar-refractivity contribution < 1.29 is 17.1 Å². The second-order valence-electron chi connectivity index (χ2n) is 19.8. The van der Waals surface area contributed by atoms with Gasteiger partial charge in [0, 0.05) is 58.0 Å². The minimum Gasteiger partial charge on any atom is -0.214 e. The number of hydrogen-bond acceptors (Lipinski definition) is 0. The van der Waals surface area contributed by atoms with Crippen LogP contribution >= 0.6 is 0 Å². The average molecular weight is 765 g/mol. The van der Waals surface area contributed by atoms with Crippen molar-refractivity contribution in [2.45, 2.75) is 133 Å². The normalized spacial score (nSPS) is 13.6. The van der Waals surface area contributed by atoms with Crippen LogP contribution in [0.15, 0.2) is 66.7 Å². The Morgan fingerprint density at radius 1 is 0.489 bits per heavy atom. The molecule has 0 aliphatic heterocycles. The van der Waals surface area contributed by atoms with Crippen molar-refractivity contribution in [2.24, 2.45) is 0 Å². The quantitative estimate of drug-likeness (QED) is 0.135. The second kappa shape index (κ2) is 15.7. The predicted octanol–water partition coefficient (Wildman–Crippen LogP) is 11.0. The van der Waals surface area contributed by atoms with Crippen LogP contribution in [0.1, 0.15) is 32.2 Å². The third-order valence-corrected chi connectivity index (χ3v) is 38.2. The zero-order chi connectivity index (χ0) is 34.1. The molecule has 0 bridgehead atoms. The Balaban J connectivity index is 0.00000153. The molecule has 0 unspecified atom stereocenters. The van der Waals surface area contributed by atoms with E-state index < -0.39 is 48.4 Å². The number of rotatable bonds is 11. The maximum Gasteiger partial charge on any atom is 2.00 e. The van der Waals surface area contributed by atoms with Crippen LogP contribution in [0.25, 0.3) is 0 Å². The largest absolute Gasteiger partial charge is 2.00 e. The summed E-state index contributed by atoms with van der Waals surface area (Å²) in [5, 5.41) is 5.64. The van der Waals surface area contributed by atoms with Crippen molar-refractivity contribution in [2.75, 3.05) is 0 Å². The van der Waals surface area contributed by atoms with Crippen molar-refractivity contribution in [3.05, 3.63) is 83.4 Å². The van der Waals surface area contributed by atoms with E-state index in [2.05, 4.69) is 154 Å². The minimum atomic E-state index is -1.48. The molecular formula is C37H68FeSi7. The van der Waals surface area contributed by atoms with Gasteiger partial charge in [0.05, 0.1) is 0 Å². The van der Waals surface area contributed by atoms with E-state index in [0.717, 1.165) is 25.0 Å². The molecule has 0 aliphatic carbocycles. The Hall–Kier alpha value is -0.0423. The molecule has 0 amide bonds. The van der Waals surface area contributed by atoms with Crippen LogP contribution in [0.3, 0.4) is 0 Å². The van der Waals surface area contributed by atoms with Crippen molar-refractivity contribution in [1.29, 1.82) is 0 Å². The fourth-order valence-corrected chi connectivity index (χ4v) is 49.3. The van der Waals surface area contributed by atoms with Gasteiger partial charge < -0.3 is 0 Å². The van der Waals surface area contributed by atoms with Crippen molar-refractivity contribution in [1.82, 2.24) is 0 Å². The van der Waals surface area contributed by atoms with Gasteiger partial charge in [-0.1, -0.05) is 146 Å². The molecule has 0 fully saturated rings. The summed E-state index contributed by atoms with van der Waals surface area (Å²) in [6, 6.07) is 25.0. The molecule has 0 N–H and O–H groups in total. The average Bonchev–Trinajstić information content (AvgIpc) is 3.46. The monoisotopic (exact) mass is 764 g/mol. The molecule has 0 aliphatic rings. The third-order valence-electron chi connectivity index (χ3n) is 8.86. The van der Waals surface area contributed by atoms with E-state index in [0.29, 0.717) is 0 Å². The Labute approximate surface area is 300 Å². The summed E-state index contributed by atoms with van der Waals surface area (Å²) < 4.78 is 0. The van der Waals surface area contributed by atoms with E-state index in [1.165, 1.54) is 5.19 Å². The van der Waals surface area contributed by atoms with Crippen molar-refractivity contribution >= 4 is 68.3 Å². The smallest absolute Gasteiger partial charge is 0.214 e. The van der Waals surface area contributed by atoms with Crippen LogP contribution in [0.2, 0.25) is 118 Å². The fourth-order valence-electron chi connectivity index (χ4n) is 9.16. The van der Waals surface area contributed by atoms with Gasteiger partial charge in [0.1, 0.15) is 0 Å². The van der Waals surface area contributed by atoms with Gasteiger partial charge in [-0.2, -0.15) is 35.5 Å². The molecule has 0 saturated carbocycles. The van der Waals surface area contributed by atoms with Crippen molar-refractivity contribution in [3.63, 3.8) is 0 Å². The molecule has 45 heavy (non-hydrogen) atoms. The second-order valence-corrected chi connectivity index (χ2v) is 54.7. The molecule has 2 radical (unpaired) electrons. The van der Waals surface area contributed by atoms with Crippen LogP contribution in [-0.4, -0.2) is 58.0 Å². The zero-order valence-corrected chi connectivity index (χ0v) is 40.5. The van der Waals surface area contributed by atoms with Gasteiger partial charge in [0.15, 0.2) is 0 Å².